The summed E-state index contributed by atoms with van der Waals surface area (Å²) in [5, 5.41) is 2.66. The highest BCUT2D eigenvalue weighted by atomic mass is 79.9. The summed E-state index contributed by atoms with van der Waals surface area (Å²) in [5.41, 5.74) is 0. The van der Waals surface area contributed by atoms with Crippen LogP contribution in [-0.4, -0.2) is 31.0 Å². The molecule has 1 saturated heterocycles. The van der Waals surface area contributed by atoms with Gasteiger partial charge in [-0.3, -0.25) is 4.79 Å². The lowest BCUT2D eigenvalue weighted by molar-refractivity contribution is -0.125. The van der Waals surface area contributed by atoms with Gasteiger partial charge < -0.3 is 10.2 Å². The molecule has 1 amide bonds. The number of hydrogen-bond donors (Lipinski definition) is 1. The highest BCUT2D eigenvalue weighted by molar-refractivity contribution is 9.10. The first kappa shape index (κ1) is 10.4. The molecule has 0 atom stereocenters. The molecule has 0 aliphatic carbocycles. The zero-order valence-electron chi connectivity index (χ0n) is 8.40. The third-order valence-electron chi connectivity index (χ3n) is 2.52. The summed E-state index contributed by atoms with van der Waals surface area (Å²) in [5.74, 6) is 1.14. The van der Waals surface area contributed by atoms with E-state index in [0.717, 1.165) is 23.5 Å². The van der Waals surface area contributed by atoms with Gasteiger partial charge in [0.15, 0.2) is 0 Å². The second-order valence-electron chi connectivity index (χ2n) is 3.53. The molecule has 1 N–H and O–H groups in total. The summed E-state index contributed by atoms with van der Waals surface area (Å²) < 4.78 is 0.823. The molecule has 15 heavy (non-hydrogen) atoms. The zero-order chi connectivity index (χ0) is 10.8. The molecule has 0 unspecified atom stereocenters. The number of amides is 1. The van der Waals surface area contributed by atoms with E-state index in [2.05, 4.69) is 31.1 Å². The summed E-state index contributed by atoms with van der Waals surface area (Å²) in [6.07, 6.45) is 0. The SMILES string of the molecule is CNC(=O)C1CN(c2cccc(Br)n2)C1. The molecule has 80 valence electrons. The van der Waals surface area contributed by atoms with Crippen LogP contribution in [0.1, 0.15) is 0 Å². The fourth-order valence-corrected chi connectivity index (χ4v) is 1.94. The van der Waals surface area contributed by atoms with E-state index < -0.39 is 0 Å². The standard InChI is InChI=1S/C10H12BrN3O/c1-12-10(15)7-5-14(6-7)9-4-2-3-8(11)13-9/h2-4,7H,5-6H2,1H3,(H,12,15). The molecule has 0 aromatic carbocycles. The molecular weight excluding hydrogens is 258 g/mol. The Labute approximate surface area is 96.8 Å². The quantitative estimate of drug-likeness (QED) is 0.816. The largest absolute Gasteiger partial charge is 0.359 e. The number of rotatable bonds is 2. The van der Waals surface area contributed by atoms with Crippen molar-refractivity contribution in [3.63, 3.8) is 0 Å². The molecule has 1 fully saturated rings. The van der Waals surface area contributed by atoms with Gasteiger partial charge >= 0.3 is 0 Å². The lowest BCUT2D eigenvalue weighted by atomic mass is 9.99. The number of carbonyl (C=O) groups is 1. The van der Waals surface area contributed by atoms with Crippen molar-refractivity contribution < 1.29 is 4.79 Å². The Morgan fingerprint density at radius 1 is 1.60 bits per heavy atom. The minimum absolute atomic E-state index is 0.107. The van der Waals surface area contributed by atoms with E-state index in [0.29, 0.717) is 0 Å². The molecule has 2 heterocycles. The van der Waals surface area contributed by atoms with E-state index >= 15 is 0 Å². The second-order valence-corrected chi connectivity index (χ2v) is 4.35. The first-order valence-corrected chi connectivity index (χ1v) is 5.59. The molecular formula is C10H12BrN3O. The maximum atomic E-state index is 11.3. The van der Waals surface area contributed by atoms with Gasteiger partial charge in [-0.2, -0.15) is 0 Å². The molecule has 1 aliphatic rings. The number of halogens is 1. The smallest absolute Gasteiger partial charge is 0.226 e. The van der Waals surface area contributed by atoms with E-state index in [9.17, 15) is 4.79 Å². The Morgan fingerprint density at radius 3 is 2.93 bits per heavy atom. The molecule has 0 bridgehead atoms. The monoisotopic (exact) mass is 269 g/mol. The van der Waals surface area contributed by atoms with Crippen LogP contribution in [0.2, 0.25) is 0 Å². The van der Waals surface area contributed by atoms with E-state index in [4.69, 9.17) is 0 Å². The number of nitrogens with zero attached hydrogens (tertiary/aromatic N) is 2. The van der Waals surface area contributed by atoms with Crippen molar-refractivity contribution in [1.82, 2.24) is 10.3 Å². The Bertz CT molecular complexity index is 377. The van der Waals surface area contributed by atoms with Gasteiger partial charge in [0, 0.05) is 20.1 Å². The van der Waals surface area contributed by atoms with Crippen LogP contribution in [0.25, 0.3) is 0 Å². The highest BCUT2D eigenvalue weighted by Gasteiger charge is 2.32. The van der Waals surface area contributed by atoms with E-state index in [1.807, 2.05) is 18.2 Å². The van der Waals surface area contributed by atoms with Gasteiger partial charge in [-0.1, -0.05) is 6.07 Å². The van der Waals surface area contributed by atoms with Crippen LogP contribution in [0.5, 0.6) is 0 Å². The minimum Gasteiger partial charge on any atom is -0.359 e. The Morgan fingerprint density at radius 2 is 2.33 bits per heavy atom. The maximum Gasteiger partial charge on any atom is 0.226 e. The van der Waals surface area contributed by atoms with Crippen molar-refractivity contribution in [1.29, 1.82) is 0 Å². The van der Waals surface area contributed by atoms with E-state index in [1.54, 1.807) is 7.05 Å². The van der Waals surface area contributed by atoms with Crippen LogP contribution in [-0.2, 0) is 4.79 Å². The second kappa shape index (κ2) is 4.18. The number of anilines is 1. The normalized spacial score (nSPS) is 16.0. The van der Waals surface area contributed by atoms with Gasteiger partial charge in [0.25, 0.3) is 0 Å². The number of pyridine rings is 1. The van der Waals surface area contributed by atoms with Crippen LogP contribution in [0, 0.1) is 5.92 Å². The number of hydrogen-bond acceptors (Lipinski definition) is 3. The first-order valence-electron chi connectivity index (χ1n) is 4.80. The Balaban J connectivity index is 1.97. The molecule has 1 aromatic rings. The molecule has 1 aromatic heterocycles. The fraction of sp³-hybridized carbons (Fsp3) is 0.400. The molecule has 4 nitrogen and oxygen atoms in total. The van der Waals surface area contributed by atoms with Gasteiger partial charge in [-0.15, -0.1) is 0 Å². The summed E-state index contributed by atoms with van der Waals surface area (Å²) in [4.78, 5) is 17.7. The van der Waals surface area contributed by atoms with Crippen molar-refractivity contribution in [3.05, 3.63) is 22.8 Å². The molecule has 0 saturated carbocycles. The van der Waals surface area contributed by atoms with E-state index in [1.165, 1.54) is 0 Å². The van der Waals surface area contributed by atoms with Crippen LogP contribution in [0.15, 0.2) is 22.8 Å². The predicted octanol–water partition coefficient (Wildman–Crippen LogP) is 1.03. The Hall–Kier alpha value is -1.10. The van der Waals surface area contributed by atoms with Crippen molar-refractivity contribution in [2.45, 2.75) is 0 Å². The topological polar surface area (TPSA) is 45.2 Å². The molecule has 1 aliphatic heterocycles. The van der Waals surface area contributed by atoms with Crippen molar-refractivity contribution in [3.8, 4) is 0 Å². The predicted molar refractivity (Wildman–Crippen MR) is 61.7 cm³/mol. The van der Waals surface area contributed by atoms with Gasteiger partial charge in [0.2, 0.25) is 5.91 Å². The Kier molecular flexibility index (Phi) is 2.90. The molecule has 5 heteroatoms. The lowest BCUT2D eigenvalue weighted by Gasteiger charge is -2.38. The van der Waals surface area contributed by atoms with Gasteiger partial charge in [0.1, 0.15) is 10.4 Å². The van der Waals surface area contributed by atoms with Gasteiger partial charge in [-0.25, -0.2) is 4.98 Å². The van der Waals surface area contributed by atoms with Crippen LogP contribution < -0.4 is 10.2 Å². The number of aromatic nitrogens is 1. The number of nitrogens with one attached hydrogen (secondary N) is 1. The van der Waals surface area contributed by atoms with Gasteiger partial charge in [-0.05, 0) is 28.1 Å². The third kappa shape index (κ3) is 2.12. The highest BCUT2D eigenvalue weighted by Crippen LogP contribution is 2.23. The summed E-state index contributed by atoms with van der Waals surface area (Å²) >= 11 is 3.32. The van der Waals surface area contributed by atoms with Crippen molar-refractivity contribution >= 4 is 27.7 Å². The van der Waals surface area contributed by atoms with Crippen LogP contribution in [0.3, 0.4) is 0 Å². The average molecular weight is 270 g/mol. The third-order valence-corrected chi connectivity index (χ3v) is 2.96. The summed E-state index contributed by atoms with van der Waals surface area (Å²) in [6, 6.07) is 5.78. The summed E-state index contributed by atoms with van der Waals surface area (Å²) in [6.45, 7) is 1.51. The minimum atomic E-state index is 0.107. The molecule has 0 radical (unpaired) electrons. The average Bonchev–Trinajstić information content (AvgIpc) is 2.15. The molecule has 0 spiro atoms. The first-order chi connectivity index (χ1) is 7.20. The lowest BCUT2D eigenvalue weighted by Crippen LogP contribution is -2.53. The fourth-order valence-electron chi connectivity index (χ4n) is 1.61. The van der Waals surface area contributed by atoms with Crippen molar-refractivity contribution in [2.75, 3.05) is 25.0 Å². The van der Waals surface area contributed by atoms with Crippen LogP contribution >= 0.6 is 15.9 Å². The van der Waals surface area contributed by atoms with Crippen LogP contribution in [0.4, 0.5) is 5.82 Å². The van der Waals surface area contributed by atoms with E-state index in [-0.39, 0.29) is 11.8 Å². The summed E-state index contributed by atoms with van der Waals surface area (Å²) in [7, 11) is 1.67. The number of carbonyl (C=O) groups excluding carboxylic acids is 1. The molecule has 2 rings (SSSR count). The zero-order valence-corrected chi connectivity index (χ0v) is 9.99. The van der Waals surface area contributed by atoms with Gasteiger partial charge in [0.05, 0.1) is 5.92 Å². The maximum absolute atomic E-state index is 11.3. The van der Waals surface area contributed by atoms with Crippen molar-refractivity contribution in [2.24, 2.45) is 5.92 Å².